The first kappa shape index (κ1) is 9.74. The second-order valence-corrected chi connectivity index (χ2v) is 3.26. The minimum atomic E-state index is -0.889. The average molecular weight is 257 g/mol. The van der Waals surface area contributed by atoms with Gasteiger partial charge in [0.05, 0.1) is 16.6 Å². The number of hydrogen-bond donors (Lipinski definition) is 0. The summed E-state index contributed by atoms with van der Waals surface area (Å²) in [7, 11) is 1.17. The highest BCUT2D eigenvalue weighted by Crippen LogP contribution is 2.33. The molecule has 0 N–H and O–H groups in total. The second kappa shape index (κ2) is 3.58. The molecule has 0 aliphatic carbocycles. The molecule has 1 aromatic rings. The Labute approximate surface area is 81.4 Å². The molecule has 1 nitrogen and oxygen atoms in total. The van der Waals surface area contributed by atoms with Gasteiger partial charge in [0.25, 0.3) is 0 Å². The first-order valence-electron chi connectivity index (χ1n) is 2.95. The van der Waals surface area contributed by atoms with Gasteiger partial charge in [-0.3, -0.25) is 0 Å². The number of hydrogen-bond acceptors (Lipinski definition) is 1. The summed E-state index contributed by atoms with van der Waals surface area (Å²) in [4.78, 5) is 0. The SMILES string of the molecule is COc1c(F)c(Cl)cc(Br)c1F. The van der Waals surface area contributed by atoms with E-state index in [2.05, 4.69) is 20.7 Å². The highest BCUT2D eigenvalue weighted by Gasteiger charge is 2.16. The van der Waals surface area contributed by atoms with Crippen LogP contribution in [0.4, 0.5) is 8.78 Å². The molecule has 66 valence electrons. The van der Waals surface area contributed by atoms with E-state index in [1.807, 2.05) is 0 Å². The monoisotopic (exact) mass is 256 g/mol. The molecule has 0 aliphatic rings. The first-order valence-corrected chi connectivity index (χ1v) is 4.12. The molecule has 0 saturated heterocycles. The van der Waals surface area contributed by atoms with Crippen LogP contribution in [0.3, 0.4) is 0 Å². The van der Waals surface area contributed by atoms with Gasteiger partial charge in [-0.25, -0.2) is 8.78 Å². The van der Waals surface area contributed by atoms with Gasteiger partial charge in [0.15, 0.2) is 17.4 Å². The Morgan fingerprint density at radius 3 is 2.50 bits per heavy atom. The van der Waals surface area contributed by atoms with Crippen LogP contribution >= 0.6 is 27.5 Å². The van der Waals surface area contributed by atoms with Gasteiger partial charge in [0.2, 0.25) is 0 Å². The van der Waals surface area contributed by atoms with E-state index in [1.165, 1.54) is 7.11 Å². The van der Waals surface area contributed by atoms with Crippen molar-refractivity contribution in [3.63, 3.8) is 0 Å². The molecule has 12 heavy (non-hydrogen) atoms. The lowest BCUT2D eigenvalue weighted by Crippen LogP contribution is -1.94. The summed E-state index contributed by atoms with van der Waals surface area (Å²) in [5.74, 6) is -2.16. The molecule has 0 radical (unpaired) electrons. The van der Waals surface area contributed by atoms with E-state index >= 15 is 0 Å². The molecular weight excluding hydrogens is 253 g/mol. The quantitative estimate of drug-likeness (QED) is 0.701. The van der Waals surface area contributed by atoms with E-state index in [-0.39, 0.29) is 9.50 Å². The standard InChI is InChI=1S/C7H4BrClF2O/c1-12-7-5(10)3(8)2-4(9)6(7)11/h2H,1H3. The lowest BCUT2D eigenvalue weighted by Gasteiger charge is -2.05. The molecule has 5 heteroatoms. The van der Waals surface area contributed by atoms with Gasteiger partial charge in [-0.2, -0.15) is 0 Å². The third-order valence-electron chi connectivity index (χ3n) is 1.28. The van der Waals surface area contributed by atoms with Crippen LogP contribution in [0, 0.1) is 11.6 Å². The van der Waals surface area contributed by atoms with Crippen molar-refractivity contribution in [1.29, 1.82) is 0 Å². The van der Waals surface area contributed by atoms with Gasteiger partial charge in [-0.1, -0.05) is 11.6 Å². The average Bonchev–Trinajstić information content (AvgIpc) is 2.02. The second-order valence-electron chi connectivity index (χ2n) is 2.00. The van der Waals surface area contributed by atoms with E-state index < -0.39 is 17.4 Å². The maximum absolute atomic E-state index is 13.0. The Hall–Kier alpha value is -0.350. The summed E-state index contributed by atoms with van der Waals surface area (Å²) in [6, 6.07) is 1.13. The largest absolute Gasteiger partial charge is 0.491 e. The maximum Gasteiger partial charge on any atom is 0.193 e. The molecule has 0 spiro atoms. The van der Waals surface area contributed by atoms with Crippen LogP contribution in [0.5, 0.6) is 5.75 Å². The zero-order valence-electron chi connectivity index (χ0n) is 6.00. The Morgan fingerprint density at radius 2 is 2.00 bits per heavy atom. The van der Waals surface area contributed by atoms with Crippen LogP contribution in [-0.4, -0.2) is 7.11 Å². The Balaban J connectivity index is 3.42. The van der Waals surface area contributed by atoms with Crippen molar-refractivity contribution in [2.45, 2.75) is 0 Å². The summed E-state index contributed by atoms with van der Waals surface area (Å²) in [6.45, 7) is 0. The molecule has 0 atom stereocenters. The predicted octanol–water partition coefficient (Wildman–Crippen LogP) is 3.39. The van der Waals surface area contributed by atoms with Crippen molar-refractivity contribution < 1.29 is 13.5 Å². The van der Waals surface area contributed by atoms with Gasteiger partial charge in [0.1, 0.15) is 0 Å². The molecular formula is C7H4BrClF2O. The molecule has 0 aliphatic heterocycles. The lowest BCUT2D eigenvalue weighted by atomic mass is 10.3. The van der Waals surface area contributed by atoms with Crippen molar-refractivity contribution in [1.82, 2.24) is 0 Å². The minimum Gasteiger partial charge on any atom is -0.491 e. The highest BCUT2D eigenvalue weighted by molar-refractivity contribution is 9.10. The van der Waals surface area contributed by atoms with Gasteiger partial charge < -0.3 is 4.74 Å². The smallest absolute Gasteiger partial charge is 0.193 e. The fourth-order valence-corrected chi connectivity index (χ4v) is 1.47. The summed E-state index contributed by atoms with van der Waals surface area (Å²) in [6.07, 6.45) is 0. The van der Waals surface area contributed by atoms with Crippen LogP contribution in [0.15, 0.2) is 10.5 Å². The molecule has 0 amide bonds. The number of rotatable bonds is 1. The Kier molecular flexibility index (Phi) is 2.90. The van der Waals surface area contributed by atoms with Crippen LogP contribution in [0.2, 0.25) is 5.02 Å². The summed E-state index contributed by atoms with van der Waals surface area (Å²) in [5, 5.41) is -0.180. The lowest BCUT2D eigenvalue weighted by molar-refractivity contribution is 0.358. The zero-order chi connectivity index (χ0) is 9.30. The third kappa shape index (κ3) is 1.54. The van der Waals surface area contributed by atoms with E-state index in [4.69, 9.17) is 11.6 Å². The summed E-state index contributed by atoms with van der Waals surface area (Å²) in [5.41, 5.74) is 0. The van der Waals surface area contributed by atoms with Crippen molar-refractivity contribution in [2.75, 3.05) is 7.11 Å². The number of methoxy groups -OCH3 is 1. The predicted molar refractivity (Wildman–Crippen MR) is 45.6 cm³/mol. The topological polar surface area (TPSA) is 9.23 Å². The molecule has 1 rings (SSSR count). The van der Waals surface area contributed by atoms with Crippen LogP contribution in [0.25, 0.3) is 0 Å². The van der Waals surface area contributed by atoms with E-state index in [9.17, 15) is 8.78 Å². The van der Waals surface area contributed by atoms with Crippen molar-refractivity contribution in [3.05, 3.63) is 27.2 Å². The van der Waals surface area contributed by atoms with Gasteiger partial charge in [-0.15, -0.1) is 0 Å². The zero-order valence-corrected chi connectivity index (χ0v) is 8.34. The maximum atomic E-state index is 13.0. The third-order valence-corrected chi connectivity index (χ3v) is 2.13. The molecule has 1 aromatic carbocycles. The fraction of sp³-hybridized carbons (Fsp3) is 0.143. The molecule has 0 fully saturated rings. The van der Waals surface area contributed by atoms with Crippen molar-refractivity contribution >= 4 is 27.5 Å². The van der Waals surface area contributed by atoms with Crippen molar-refractivity contribution in [3.8, 4) is 5.75 Å². The van der Waals surface area contributed by atoms with E-state index in [1.54, 1.807) is 0 Å². The van der Waals surface area contributed by atoms with E-state index in [0.29, 0.717) is 0 Å². The van der Waals surface area contributed by atoms with E-state index in [0.717, 1.165) is 6.07 Å². The molecule has 0 saturated carbocycles. The molecule has 0 aromatic heterocycles. The fourth-order valence-electron chi connectivity index (χ4n) is 0.730. The molecule has 0 unspecified atom stereocenters. The Morgan fingerprint density at radius 1 is 1.42 bits per heavy atom. The first-order chi connectivity index (χ1) is 5.57. The molecule has 0 bridgehead atoms. The van der Waals surface area contributed by atoms with Crippen LogP contribution < -0.4 is 4.74 Å². The van der Waals surface area contributed by atoms with Crippen molar-refractivity contribution in [2.24, 2.45) is 0 Å². The van der Waals surface area contributed by atoms with Gasteiger partial charge in [0, 0.05) is 0 Å². The van der Waals surface area contributed by atoms with Crippen LogP contribution in [0.1, 0.15) is 0 Å². The number of halogens is 4. The van der Waals surface area contributed by atoms with Crippen LogP contribution in [-0.2, 0) is 0 Å². The Bertz CT molecular complexity index is 291. The minimum absolute atomic E-state index is 0.0748. The normalized spacial score (nSPS) is 10.1. The highest BCUT2D eigenvalue weighted by atomic mass is 79.9. The summed E-state index contributed by atoms with van der Waals surface area (Å²) < 4.78 is 30.4. The number of ether oxygens (including phenoxy) is 1. The van der Waals surface area contributed by atoms with Gasteiger partial charge >= 0.3 is 0 Å². The summed E-state index contributed by atoms with van der Waals surface area (Å²) >= 11 is 8.28. The molecule has 0 heterocycles. The number of benzene rings is 1. The van der Waals surface area contributed by atoms with Gasteiger partial charge in [-0.05, 0) is 22.0 Å².